The van der Waals surface area contributed by atoms with E-state index in [1.807, 2.05) is 12.3 Å². The van der Waals surface area contributed by atoms with Gasteiger partial charge in [-0.15, -0.1) is 0 Å². The second kappa shape index (κ2) is 4.93. The van der Waals surface area contributed by atoms with E-state index in [1.54, 1.807) is 0 Å². The van der Waals surface area contributed by atoms with Gasteiger partial charge in [0, 0.05) is 24.7 Å². The van der Waals surface area contributed by atoms with Crippen LogP contribution in [0.4, 0.5) is 0 Å². The number of fused-ring (bicyclic) bond motifs is 1. The summed E-state index contributed by atoms with van der Waals surface area (Å²) in [5.74, 6) is 1.23. The van der Waals surface area contributed by atoms with Gasteiger partial charge in [0.05, 0.1) is 0 Å². The number of nitrogens with one attached hydrogen (secondary N) is 1. The van der Waals surface area contributed by atoms with Crippen molar-refractivity contribution in [2.45, 2.75) is 45.1 Å². The molecule has 0 aromatic carbocycles. The van der Waals surface area contributed by atoms with Crippen LogP contribution in [0, 0.1) is 0 Å². The third-order valence-electron chi connectivity index (χ3n) is 4.35. The molecule has 3 heterocycles. The van der Waals surface area contributed by atoms with Crippen molar-refractivity contribution in [3.05, 3.63) is 24.2 Å². The summed E-state index contributed by atoms with van der Waals surface area (Å²) in [4.78, 5) is 9.45. The van der Waals surface area contributed by atoms with Crippen LogP contribution in [0.1, 0.15) is 38.9 Å². The quantitative estimate of drug-likeness (QED) is 0.916. The molecular formula is C15H22N4. The van der Waals surface area contributed by atoms with E-state index in [-0.39, 0.29) is 5.41 Å². The number of hydrogen-bond donors (Lipinski definition) is 1. The lowest BCUT2D eigenvalue weighted by molar-refractivity contribution is 0.404. The standard InChI is InChI=1S/C15H22N4/c1-3-10-19-13-12(6-5-8-17-13)18-14(19)15(4-2)7-9-16-11-15/h5-6,8,16H,3-4,7,9-11H2,1-2H3. The minimum absolute atomic E-state index is 0.190. The smallest absolute Gasteiger partial charge is 0.159 e. The minimum Gasteiger partial charge on any atom is -0.316 e. The van der Waals surface area contributed by atoms with Gasteiger partial charge in [-0.2, -0.15) is 0 Å². The molecule has 0 spiro atoms. The molecule has 1 aliphatic heterocycles. The van der Waals surface area contributed by atoms with Crippen molar-refractivity contribution in [3.63, 3.8) is 0 Å². The summed E-state index contributed by atoms with van der Waals surface area (Å²) >= 11 is 0. The van der Waals surface area contributed by atoms with E-state index in [0.717, 1.165) is 43.6 Å². The van der Waals surface area contributed by atoms with Crippen molar-refractivity contribution in [3.8, 4) is 0 Å². The van der Waals surface area contributed by atoms with E-state index in [2.05, 4.69) is 34.8 Å². The number of hydrogen-bond acceptors (Lipinski definition) is 3. The van der Waals surface area contributed by atoms with Crippen LogP contribution in [0.3, 0.4) is 0 Å². The Labute approximate surface area is 114 Å². The first-order chi connectivity index (χ1) is 9.30. The molecular weight excluding hydrogens is 236 g/mol. The Kier molecular flexibility index (Phi) is 3.27. The third-order valence-corrected chi connectivity index (χ3v) is 4.35. The first-order valence-corrected chi connectivity index (χ1v) is 7.33. The third kappa shape index (κ3) is 1.94. The fourth-order valence-corrected chi connectivity index (χ4v) is 3.19. The molecule has 0 bridgehead atoms. The SMILES string of the molecule is CCCn1c(C2(CC)CCNC2)nc2cccnc21. The topological polar surface area (TPSA) is 42.7 Å². The van der Waals surface area contributed by atoms with Crippen LogP contribution >= 0.6 is 0 Å². The van der Waals surface area contributed by atoms with E-state index in [9.17, 15) is 0 Å². The summed E-state index contributed by atoms with van der Waals surface area (Å²) < 4.78 is 2.34. The minimum atomic E-state index is 0.190. The van der Waals surface area contributed by atoms with Crippen LogP contribution < -0.4 is 5.32 Å². The first-order valence-electron chi connectivity index (χ1n) is 7.33. The Morgan fingerprint density at radius 2 is 2.32 bits per heavy atom. The van der Waals surface area contributed by atoms with Crippen molar-refractivity contribution >= 4 is 11.2 Å². The fourth-order valence-electron chi connectivity index (χ4n) is 3.19. The molecule has 1 N–H and O–H groups in total. The number of pyridine rings is 1. The maximum Gasteiger partial charge on any atom is 0.159 e. The molecule has 3 rings (SSSR count). The summed E-state index contributed by atoms with van der Waals surface area (Å²) in [5, 5.41) is 3.50. The van der Waals surface area contributed by atoms with Gasteiger partial charge in [0.1, 0.15) is 11.3 Å². The van der Waals surface area contributed by atoms with E-state index in [1.165, 1.54) is 12.2 Å². The van der Waals surface area contributed by atoms with Gasteiger partial charge in [-0.25, -0.2) is 9.97 Å². The van der Waals surface area contributed by atoms with Crippen molar-refractivity contribution in [1.82, 2.24) is 19.9 Å². The average molecular weight is 258 g/mol. The molecule has 102 valence electrons. The molecule has 4 heteroatoms. The molecule has 0 amide bonds. The molecule has 4 nitrogen and oxygen atoms in total. The number of imidazole rings is 1. The normalized spacial score (nSPS) is 23.3. The molecule has 0 aliphatic carbocycles. The number of aromatic nitrogens is 3. The molecule has 0 radical (unpaired) electrons. The lowest BCUT2D eigenvalue weighted by atomic mass is 9.83. The van der Waals surface area contributed by atoms with Crippen LogP contribution in [-0.4, -0.2) is 27.6 Å². The maximum atomic E-state index is 4.92. The molecule has 2 aromatic heterocycles. The second-order valence-electron chi connectivity index (χ2n) is 5.49. The highest BCUT2D eigenvalue weighted by Crippen LogP contribution is 2.35. The molecule has 1 unspecified atom stereocenters. The Morgan fingerprint density at radius 1 is 1.42 bits per heavy atom. The molecule has 0 saturated carbocycles. The Hall–Kier alpha value is -1.42. The first kappa shape index (κ1) is 12.6. The van der Waals surface area contributed by atoms with E-state index in [0.29, 0.717) is 0 Å². The zero-order valence-electron chi connectivity index (χ0n) is 11.8. The molecule has 2 aromatic rings. The second-order valence-corrected chi connectivity index (χ2v) is 5.49. The van der Waals surface area contributed by atoms with Crippen molar-refractivity contribution in [2.75, 3.05) is 13.1 Å². The van der Waals surface area contributed by atoms with Crippen LogP contribution in [-0.2, 0) is 12.0 Å². The molecule has 1 aliphatic rings. The van der Waals surface area contributed by atoms with Crippen molar-refractivity contribution < 1.29 is 0 Å². The predicted molar refractivity (Wildman–Crippen MR) is 77.3 cm³/mol. The summed E-state index contributed by atoms with van der Waals surface area (Å²) in [5.41, 5.74) is 2.26. The molecule has 1 fully saturated rings. The number of nitrogens with zero attached hydrogens (tertiary/aromatic N) is 3. The summed E-state index contributed by atoms with van der Waals surface area (Å²) in [6.07, 6.45) is 5.29. The van der Waals surface area contributed by atoms with Gasteiger partial charge < -0.3 is 9.88 Å². The maximum absolute atomic E-state index is 4.92. The van der Waals surface area contributed by atoms with Gasteiger partial charge in [0.25, 0.3) is 0 Å². The van der Waals surface area contributed by atoms with Crippen LogP contribution in [0.15, 0.2) is 18.3 Å². The van der Waals surface area contributed by atoms with Gasteiger partial charge >= 0.3 is 0 Å². The predicted octanol–water partition coefficient (Wildman–Crippen LogP) is 2.48. The lowest BCUT2D eigenvalue weighted by Crippen LogP contribution is -2.32. The summed E-state index contributed by atoms with van der Waals surface area (Å²) in [6.45, 7) is 7.62. The van der Waals surface area contributed by atoms with Gasteiger partial charge in [0.2, 0.25) is 0 Å². The highest BCUT2D eigenvalue weighted by molar-refractivity contribution is 5.71. The molecule has 1 atom stereocenters. The Bertz CT molecular complexity index is 567. The van der Waals surface area contributed by atoms with Gasteiger partial charge in [-0.1, -0.05) is 13.8 Å². The largest absolute Gasteiger partial charge is 0.316 e. The zero-order valence-corrected chi connectivity index (χ0v) is 11.8. The summed E-state index contributed by atoms with van der Waals surface area (Å²) in [6, 6.07) is 4.05. The zero-order chi connectivity index (χ0) is 13.3. The van der Waals surface area contributed by atoms with Gasteiger partial charge in [0.15, 0.2) is 5.65 Å². The average Bonchev–Trinajstić information content (AvgIpc) is 3.05. The van der Waals surface area contributed by atoms with E-state index in [4.69, 9.17) is 4.98 Å². The van der Waals surface area contributed by atoms with E-state index >= 15 is 0 Å². The van der Waals surface area contributed by atoms with Crippen LogP contribution in [0.25, 0.3) is 11.2 Å². The lowest BCUT2D eigenvalue weighted by Gasteiger charge is -2.26. The summed E-state index contributed by atoms with van der Waals surface area (Å²) in [7, 11) is 0. The highest BCUT2D eigenvalue weighted by Gasteiger charge is 2.38. The van der Waals surface area contributed by atoms with Crippen LogP contribution in [0.5, 0.6) is 0 Å². The van der Waals surface area contributed by atoms with Crippen molar-refractivity contribution in [2.24, 2.45) is 0 Å². The van der Waals surface area contributed by atoms with Crippen LogP contribution in [0.2, 0.25) is 0 Å². The molecule has 1 saturated heterocycles. The van der Waals surface area contributed by atoms with Gasteiger partial charge in [-0.3, -0.25) is 0 Å². The number of aryl methyl sites for hydroxylation is 1. The van der Waals surface area contributed by atoms with Crippen molar-refractivity contribution in [1.29, 1.82) is 0 Å². The number of rotatable bonds is 4. The monoisotopic (exact) mass is 258 g/mol. The van der Waals surface area contributed by atoms with Gasteiger partial charge in [-0.05, 0) is 37.9 Å². The Morgan fingerprint density at radius 3 is 3.00 bits per heavy atom. The Balaban J connectivity index is 2.18. The fraction of sp³-hybridized carbons (Fsp3) is 0.600. The highest BCUT2D eigenvalue weighted by atomic mass is 15.1. The molecule has 19 heavy (non-hydrogen) atoms. The van der Waals surface area contributed by atoms with E-state index < -0.39 is 0 Å².